The second-order valence-electron chi connectivity index (χ2n) is 4.92. The van der Waals surface area contributed by atoms with E-state index in [0.29, 0.717) is 5.69 Å². The Labute approximate surface area is 139 Å². The first-order valence-electron chi connectivity index (χ1n) is 7.15. The molecule has 1 atom stereocenters. The molecule has 1 unspecified atom stereocenters. The number of anilines is 1. The first-order chi connectivity index (χ1) is 11.1. The van der Waals surface area contributed by atoms with E-state index in [2.05, 4.69) is 10.6 Å². The zero-order chi connectivity index (χ0) is 16.7. The van der Waals surface area contributed by atoms with Gasteiger partial charge in [0.15, 0.2) is 0 Å². The van der Waals surface area contributed by atoms with Crippen LogP contribution in [-0.4, -0.2) is 29.6 Å². The largest absolute Gasteiger partial charge is 0.392 e. The Bertz CT molecular complexity index is 675. The van der Waals surface area contributed by atoms with Gasteiger partial charge in [0.1, 0.15) is 0 Å². The van der Waals surface area contributed by atoms with Gasteiger partial charge in [-0.05, 0) is 31.2 Å². The quantitative estimate of drug-likeness (QED) is 0.735. The van der Waals surface area contributed by atoms with Crippen molar-refractivity contribution < 1.29 is 14.7 Å². The van der Waals surface area contributed by atoms with Crippen LogP contribution in [0.5, 0.6) is 0 Å². The minimum absolute atomic E-state index is 0.0344. The summed E-state index contributed by atoms with van der Waals surface area (Å²) in [7, 11) is 0. The van der Waals surface area contributed by atoms with Gasteiger partial charge in [-0.2, -0.15) is 0 Å². The van der Waals surface area contributed by atoms with Gasteiger partial charge in [0.05, 0.1) is 11.8 Å². The molecule has 0 saturated heterocycles. The normalized spacial score (nSPS) is 11.6. The van der Waals surface area contributed by atoms with E-state index in [0.717, 1.165) is 9.79 Å². The van der Waals surface area contributed by atoms with E-state index < -0.39 is 17.9 Å². The molecule has 2 aromatic carbocycles. The van der Waals surface area contributed by atoms with E-state index in [1.54, 1.807) is 12.1 Å². The van der Waals surface area contributed by atoms with Crippen molar-refractivity contribution >= 4 is 29.3 Å². The molecule has 0 saturated carbocycles. The molecule has 0 fully saturated rings. The first kappa shape index (κ1) is 17.1. The molecule has 0 radical (unpaired) electrons. The van der Waals surface area contributed by atoms with Gasteiger partial charge in [-0.3, -0.25) is 9.59 Å². The van der Waals surface area contributed by atoms with Crippen molar-refractivity contribution in [3.05, 3.63) is 54.6 Å². The SMILES string of the molecule is CC(O)CNC(=O)C(=O)Nc1ccccc1Sc1ccccc1. The number of hydrogen-bond acceptors (Lipinski definition) is 4. The Morgan fingerprint density at radius 2 is 1.70 bits per heavy atom. The molecular weight excluding hydrogens is 312 g/mol. The van der Waals surface area contributed by atoms with Crippen molar-refractivity contribution in [3.63, 3.8) is 0 Å². The molecule has 0 aliphatic carbocycles. The summed E-state index contributed by atoms with van der Waals surface area (Å²) in [6.45, 7) is 1.57. The lowest BCUT2D eigenvalue weighted by atomic mass is 10.3. The second kappa shape index (κ2) is 8.36. The Morgan fingerprint density at radius 3 is 2.39 bits per heavy atom. The highest BCUT2D eigenvalue weighted by Crippen LogP contribution is 2.33. The van der Waals surface area contributed by atoms with Crippen molar-refractivity contribution in [2.45, 2.75) is 22.8 Å². The third kappa shape index (κ3) is 5.43. The summed E-state index contributed by atoms with van der Waals surface area (Å²) in [5.74, 6) is -1.53. The molecule has 2 amide bonds. The maximum absolute atomic E-state index is 11.9. The van der Waals surface area contributed by atoms with Crippen molar-refractivity contribution in [1.82, 2.24) is 5.32 Å². The number of aliphatic hydroxyl groups excluding tert-OH is 1. The van der Waals surface area contributed by atoms with Crippen molar-refractivity contribution in [2.75, 3.05) is 11.9 Å². The molecule has 0 bridgehead atoms. The monoisotopic (exact) mass is 330 g/mol. The number of hydrogen-bond donors (Lipinski definition) is 3. The fourth-order valence-electron chi connectivity index (χ4n) is 1.77. The van der Waals surface area contributed by atoms with Crippen molar-refractivity contribution in [1.29, 1.82) is 0 Å². The fourth-order valence-corrected chi connectivity index (χ4v) is 2.70. The summed E-state index contributed by atoms with van der Waals surface area (Å²) < 4.78 is 0. The smallest absolute Gasteiger partial charge is 0.313 e. The summed E-state index contributed by atoms with van der Waals surface area (Å²) in [5.41, 5.74) is 0.568. The summed E-state index contributed by atoms with van der Waals surface area (Å²) in [6, 6.07) is 17.0. The molecule has 6 heteroatoms. The van der Waals surface area contributed by atoms with Crippen LogP contribution >= 0.6 is 11.8 Å². The van der Waals surface area contributed by atoms with Crippen LogP contribution < -0.4 is 10.6 Å². The molecule has 0 aliphatic rings. The van der Waals surface area contributed by atoms with Crippen LogP contribution in [0.4, 0.5) is 5.69 Å². The van der Waals surface area contributed by atoms with E-state index in [4.69, 9.17) is 5.11 Å². The Kier molecular flexibility index (Phi) is 6.19. The van der Waals surface area contributed by atoms with Gasteiger partial charge in [-0.15, -0.1) is 0 Å². The highest BCUT2D eigenvalue weighted by atomic mass is 32.2. The number of rotatable bonds is 5. The predicted molar refractivity (Wildman–Crippen MR) is 90.3 cm³/mol. The van der Waals surface area contributed by atoms with Crippen LogP contribution in [-0.2, 0) is 9.59 Å². The lowest BCUT2D eigenvalue weighted by Gasteiger charge is -2.11. The minimum Gasteiger partial charge on any atom is -0.392 e. The zero-order valence-electron chi connectivity index (χ0n) is 12.7. The molecule has 2 rings (SSSR count). The maximum Gasteiger partial charge on any atom is 0.313 e. The third-order valence-corrected chi connectivity index (χ3v) is 3.95. The van der Waals surface area contributed by atoms with Gasteiger partial charge in [0.2, 0.25) is 0 Å². The second-order valence-corrected chi connectivity index (χ2v) is 6.04. The first-order valence-corrected chi connectivity index (χ1v) is 7.97. The van der Waals surface area contributed by atoms with Gasteiger partial charge in [-0.1, -0.05) is 42.1 Å². The molecular formula is C17H18N2O3S. The molecule has 0 heterocycles. The molecule has 0 aromatic heterocycles. The van der Waals surface area contributed by atoms with Crippen LogP contribution in [0.3, 0.4) is 0 Å². The lowest BCUT2D eigenvalue weighted by molar-refractivity contribution is -0.136. The molecule has 23 heavy (non-hydrogen) atoms. The van der Waals surface area contributed by atoms with Crippen LogP contribution in [0, 0.1) is 0 Å². The van der Waals surface area contributed by atoms with Gasteiger partial charge < -0.3 is 15.7 Å². The van der Waals surface area contributed by atoms with Crippen LogP contribution in [0.1, 0.15) is 6.92 Å². The third-order valence-electron chi connectivity index (χ3n) is 2.87. The molecule has 120 valence electrons. The average Bonchev–Trinajstić information content (AvgIpc) is 2.55. The number of carbonyl (C=O) groups excluding carboxylic acids is 2. The van der Waals surface area contributed by atoms with Crippen molar-refractivity contribution in [2.24, 2.45) is 0 Å². The number of carbonyl (C=O) groups is 2. The number of nitrogens with one attached hydrogen (secondary N) is 2. The zero-order valence-corrected chi connectivity index (χ0v) is 13.5. The molecule has 0 spiro atoms. The number of amides is 2. The molecule has 5 nitrogen and oxygen atoms in total. The van der Waals surface area contributed by atoms with Gasteiger partial charge in [0.25, 0.3) is 0 Å². The summed E-state index contributed by atoms with van der Waals surface area (Å²) in [5, 5.41) is 14.1. The van der Waals surface area contributed by atoms with Gasteiger partial charge >= 0.3 is 11.8 Å². The molecule has 3 N–H and O–H groups in total. The average molecular weight is 330 g/mol. The van der Waals surface area contributed by atoms with Crippen LogP contribution in [0.15, 0.2) is 64.4 Å². The van der Waals surface area contributed by atoms with E-state index >= 15 is 0 Å². The summed E-state index contributed by atoms with van der Waals surface area (Å²) in [6.07, 6.45) is -0.701. The predicted octanol–water partition coefficient (Wildman–Crippen LogP) is 2.27. The highest BCUT2D eigenvalue weighted by Gasteiger charge is 2.15. The topological polar surface area (TPSA) is 78.4 Å². The Hall–Kier alpha value is -2.31. The van der Waals surface area contributed by atoms with E-state index in [1.165, 1.54) is 18.7 Å². The molecule has 2 aromatic rings. The van der Waals surface area contributed by atoms with Gasteiger partial charge in [-0.25, -0.2) is 0 Å². The summed E-state index contributed by atoms with van der Waals surface area (Å²) in [4.78, 5) is 25.5. The standard InChI is InChI=1S/C17H18N2O3S/c1-12(20)11-18-16(21)17(22)19-14-9-5-6-10-15(14)23-13-7-3-2-4-8-13/h2-10,12,20H,11H2,1H3,(H,18,21)(H,19,22). The van der Waals surface area contributed by atoms with E-state index in [9.17, 15) is 9.59 Å². The lowest BCUT2D eigenvalue weighted by Crippen LogP contribution is -2.38. The van der Waals surface area contributed by atoms with E-state index in [-0.39, 0.29) is 6.54 Å². The fraction of sp³-hybridized carbons (Fsp3) is 0.176. The number of aliphatic hydroxyl groups is 1. The molecule has 0 aliphatic heterocycles. The van der Waals surface area contributed by atoms with Crippen molar-refractivity contribution in [3.8, 4) is 0 Å². The maximum atomic E-state index is 11.9. The number of para-hydroxylation sites is 1. The Balaban J connectivity index is 2.05. The van der Waals surface area contributed by atoms with E-state index in [1.807, 2.05) is 42.5 Å². The van der Waals surface area contributed by atoms with Gasteiger partial charge in [0, 0.05) is 16.3 Å². The highest BCUT2D eigenvalue weighted by molar-refractivity contribution is 7.99. The Morgan fingerprint density at radius 1 is 1.04 bits per heavy atom. The minimum atomic E-state index is -0.773. The van der Waals surface area contributed by atoms with Crippen LogP contribution in [0.25, 0.3) is 0 Å². The summed E-state index contributed by atoms with van der Waals surface area (Å²) >= 11 is 1.50. The number of benzene rings is 2. The van der Waals surface area contributed by atoms with Crippen LogP contribution in [0.2, 0.25) is 0 Å².